The monoisotopic (exact) mass is 1110 g/mol. The van der Waals surface area contributed by atoms with Gasteiger partial charge in [-0.25, -0.2) is 23.1 Å². The van der Waals surface area contributed by atoms with E-state index in [1.54, 1.807) is 6.20 Å². The molecule has 0 amide bonds. The van der Waals surface area contributed by atoms with E-state index in [9.17, 15) is 16.8 Å². The van der Waals surface area contributed by atoms with Gasteiger partial charge in [-0.15, -0.1) is 12.6 Å². The Hall–Kier alpha value is -8.24. The van der Waals surface area contributed by atoms with Crippen LogP contribution in [0.3, 0.4) is 0 Å². The molecule has 1 radical (unpaired) electrons. The van der Waals surface area contributed by atoms with E-state index < -0.39 is 30.8 Å². The summed E-state index contributed by atoms with van der Waals surface area (Å²) in [5.74, 6) is 2.04. The Kier molecular flexibility index (Phi) is 17.5. The fourth-order valence-electron chi connectivity index (χ4n) is 7.14. The normalized spacial score (nSPS) is 11.1. The summed E-state index contributed by atoms with van der Waals surface area (Å²) in [6.45, 7) is 4.32. The van der Waals surface area contributed by atoms with Gasteiger partial charge in [0.2, 0.25) is 27.9 Å². The molecule has 383 valence electrons. The van der Waals surface area contributed by atoms with Gasteiger partial charge in [-0.2, -0.15) is 23.4 Å². The third kappa shape index (κ3) is 12.9. The fourth-order valence-corrected chi connectivity index (χ4v) is 8.14. The number of hydrogen-bond acceptors (Lipinski definition) is 20. The van der Waals surface area contributed by atoms with Gasteiger partial charge in [-0.1, -0.05) is 100 Å². The van der Waals surface area contributed by atoms with Crippen LogP contribution in [0.4, 0.5) is 23.5 Å². The van der Waals surface area contributed by atoms with E-state index >= 15 is 0 Å². The third-order valence-electron chi connectivity index (χ3n) is 9.99. The molecule has 24 nitrogen and oxygen atoms in total. The molecule has 9 aromatic rings. The van der Waals surface area contributed by atoms with Crippen molar-refractivity contribution in [3.63, 3.8) is 0 Å². The molecule has 6 N–H and O–H groups in total. The molecule has 7 heterocycles. The minimum Gasteiger partial charge on any atom is -0.368 e. The van der Waals surface area contributed by atoms with Gasteiger partial charge in [0.15, 0.2) is 0 Å². The molecule has 0 unspecified atom stereocenters. The molecule has 5 aromatic heterocycles. The average Bonchev–Trinajstić information content (AvgIpc) is 4.09. The molecule has 0 spiro atoms. The van der Waals surface area contributed by atoms with Gasteiger partial charge in [0.1, 0.15) is 11.5 Å². The van der Waals surface area contributed by atoms with Gasteiger partial charge < -0.3 is 46.3 Å². The van der Waals surface area contributed by atoms with Crippen LogP contribution in [-0.2, 0) is 47.8 Å². The standard InChI is InChI=1S/C31H15N9.C12H17N7O5S2.C2H6.CH4.Cu.O3S/c1-2-9-17-16(8-1)24-33-25(17)35-27-20-12-5-6-13-21(20)29(37-27)39-31-23-22(14-7-15-32-23)30(40-31)38-28-19-11-4-3-10-18(19)26(34-24)36-28;1-25(20,21)15-6-5-14-11-17-10(13)18-12(19-11)16-8-3-2-4-9(7-8)26(22,23)24;1-2;;;1-4(2)3/h1-15H;2-4,7,15H,5-6H2,1H3,(H,22,23,24)(H4,13,14,16,17,18,19);1-2H3;1H4;;/q-2;;;;+2;. The maximum absolute atomic E-state index is 11.2. The number of anilines is 4. The van der Waals surface area contributed by atoms with Crippen molar-refractivity contribution in [1.29, 1.82) is 0 Å². The summed E-state index contributed by atoms with van der Waals surface area (Å²) in [6.07, 6.45) is 2.76. The second kappa shape index (κ2) is 23.5. The molecule has 8 bridgehead atoms. The number of sulfonamides is 1. The van der Waals surface area contributed by atoms with E-state index in [0.29, 0.717) is 57.3 Å². The number of pyridine rings is 1. The zero-order chi connectivity index (χ0) is 51.2. The Morgan fingerprint density at radius 2 is 1.04 bits per heavy atom. The van der Waals surface area contributed by atoms with Crippen molar-refractivity contribution in [2.24, 2.45) is 0 Å². The largest absolute Gasteiger partial charge is 2.00 e. The van der Waals surface area contributed by atoms with E-state index in [0.717, 1.165) is 44.5 Å². The second-order valence-corrected chi connectivity index (χ2v) is 18.4. The van der Waals surface area contributed by atoms with E-state index in [1.165, 1.54) is 24.3 Å². The Bertz CT molecular complexity index is 3750. The minimum absolute atomic E-state index is 0. The fraction of sp³-hybridized carbons (Fsp3) is 0.130. The molecule has 0 saturated carbocycles. The van der Waals surface area contributed by atoms with Crippen molar-refractivity contribution in [3.8, 4) is 45.7 Å². The summed E-state index contributed by atoms with van der Waals surface area (Å²) < 4.78 is 81.0. The van der Waals surface area contributed by atoms with Gasteiger partial charge >= 0.3 is 27.7 Å². The number of benzene rings is 4. The van der Waals surface area contributed by atoms with Crippen LogP contribution in [0.1, 0.15) is 21.3 Å². The first-order valence-corrected chi connectivity index (χ1v) is 25.7. The van der Waals surface area contributed by atoms with Crippen LogP contribution in [-0.4, -0.2) is 103 Å². The number of rotatable bonds is 8. The van der Waals surface area contributed by atoms with Gasteiger partial charge in [-0.3, -0.25) is 9.54 Å². The molecule has 4 aromatic carbocycles. The predicted molar refractivity (Wildman–Crippen MR) is 275 cm³/mol. The molecule has 2 aliphatic heterocycles. The zero-order valence-electron chi connectivity index (χ0n) is 38.2. The minimum atomic E-state index is -4.35. The van der Waals surface area contributed by atoms with Crippen LogP contribution >= 0.6 is 0 Å². The maximum atomic E-state index is 11.2. The summed E-state index contributed by atoms with van der Waals surface area (Å²) >= 11 is 0. The SMILES string of the molecule is C.CC.CS(=O)(=O)NCCNc1nc(N)nc(Nc2cccc(S(=O)(=O)O)c2)n1.O=S(=O)=O.[Cu+2].c1ccc2c(c1)-c1nc-2nc2[n-]c(nc3nc(nc4[n-]c(n1)c1ccccc41)-c1cccnc1-3)c1ccccc21. The van der Waals surface area contributed by atoms with Crippen LogP contribution in [0.2, 0.25) is 0 Å². The summed E-state index contributed by atoms with van der Waals surface area (Å²) in [7, 11) is -10.8. The number of nitrogens with zero attached hydrogens (tertiary/aromatic N) is 12. The molecule has 2 aliphatic rings. The van der Waals surface area contributed by atoms with E-state index in [2.05, 4.69) is 35.3 Å². The average molecular weight is 1110 g/mol. The van der Waals surface area contributed by atoms with Gasteiger partial charge in [0.25, 0.3) is 10.1 Å². The Labute approximate surface area is 434 Å². The molecule has 0 atom stereocenters. The summed E-state index contributed by atoms with van der Waals surface area (Å²) in [5.41, 5.74) is 11.2. The molecule has 74 heavy (non-hydrogen) atoms. The van der Waals surface area contributed by atoms with Crippen molar-refractivity contribution in [2.75, 3.05) is 35.7 Å². The predicted octanol–water partition coefficient (Wildman–Crippen LogP) is 5.58. The number of fused-ring (bicyclic) bond motifs is 20. The van der Waals surface area contributed by atoms with Crippen LogP contribution in [0.15, 0.2) is 120 Å². The van der Waals surface area contributed by atoms with E-state index in [1.807, 2.05) is 98.8 Å². The Morgan fingerprint density at radius 3 is 1.55 bits per heavy atom. The zero-order valence-corrected chi connectivity index (χ0v) is 41.6. The number of nitrogens with two attached hydrogens (primary N) is 1. The van der Waals surface area contributed by atoms with Crippen LogP contribution in [0, 0.1) is 0 Å². The smallest absolute Gasteiger partial charge is 0.368 e. The maximum Gasteiger partial charge on any atom is 2.00 e. The van der Waals surface area contributed by atoms with Crippen molar-refractivity contribution in [1.82, 2.24) is 64.5 Å². The molecular formula is C46H42CuN16O8S3. The molecule has 28 heteroatoms. The quantitative estimate of drug-likeness (QED) is 0.0703. The van der Waals surface area contributed by atoms with Crippen molar-refractivity contribution >= 4 is 98.4 Å². The summed E-state index contributed by atoms with van der Waals surface area (Å²) in [6, 6.07) is 32.9. The first kappa shape index (κ1) is 55.1. The Morgan fingerprint density at radius 1 is 0.581 bits per heavy atom. The third-order valence-corrected chi connectivity index (χ3v) is 11.6. The first-order valence-electron chi connectivity index (χ1n) is 21.3. The topological polar surface area (TPSA) is 359 Å². The second-order valence-electron chi connectivity index (χ2n) is 14.8. The molecule has 0 aliphatic carbocycles. The number of hydrogen-bond donors (Lipinski definition) is 5. The Balaban J connectivity index is 0.000000229. The number of nitrogens with one attached hydrogen (secondary N) is 3. The molecular weight excluding hydrogens is 1060 g/mol. The van der Waals surface area contributed by atoms with E-state index in [-0.39, 0.29) is 60.3 Å². The van der Waals surface area contributed by atoms with E-state index in [4.69, 9.17) is 62.8 Å². The van der Waals surface area contributed by atoms with Crippen LogP contribution in [0.5, 0.6) is 0 Å². The van der Waals surface area contributed by atoms with Crippen molar-refractivity contribution in [2.45, 2.75) is 26.2 Å². The molecule has 0 fully saturated rings. The molecule has 0 saturated heterocycles. The van der Waals surface area contributed by atoms with Crippen molar-refractivity contribution in [3.05, 3.63) is 115 Å². The van der Waals surface area contributed by atoms with Crippen LogP contribution in [0.25, 0.3) is 89.8 Å². The summed E-state index contributed by atoms with van der Waals surface area (Å²) in [5, 5.41) is 9.01. The summed E-state index contributed by atoms with van der Waals surface area (Å²) in [4.78, 5) is 55.1. The van der Waals surface area contributed by atoms with Gasteiger partial charge in [0, 0.05) is 64.3 Å². The molecule has 11 rings (SSSR count). The van der Waals surface area contributed by atoms with Gasteiger partial charge in [0.05, 0.1) is 28.6 Å². The number of aromatic nitrogens is 12. The van der Waals surface area contributed by atoms with Gasteiger partial charge in [-0.05, 0) is 51.9 Å². The first-order chi connectivity index (χ1) is 34.6. The number of nitrogen functional groups attached to an aromatic ring is 1. The van der Waals surface area contributed by atoms with Crippen LogP contribution < -0.4 is 31.1 Å². The van der Waals surface area contributed by atoms with Crippen molar-refractivity contribution < 1.29 is 51.1 Å².